The van der Waals surface area contributed by atoms with Gasteiger partial charge in [0, 0.05) is 18.4 Å². The van der Waals surface area contributed by atoms with Crippen LogP contribution in [0.1, 0.15) is 210 Å². The van der Waals surface area contributed by atoms with E-state index in [-0.39, 0.29) is 17.9 Å². The molecule has 0 radical (unpaired) electrons. The molecule has 2 amide bonds. The largest absolute Gasteiger partial charge is 0.477 e. The molecule has 3 aliphatic heterocycles. The molecule has 18 atom stereocenters. The molecule has 1 aromatic rings. The molecule has 0 spiro atoms. The van der Waals surface area contributed by atoms with E-state index in [0.29, 0.717) is 12.8 Å². The number of halogens is 1. The first-order valence-corrected chi connectivity index (χ1v) is 32.8. The van der Waals surface area contributed by atoms with Gasteiger partial charge in [-0.1, -0.05) is 180 Å². The van der Waals surface area contributed by atoms with E-state index in [2.05, 4.69) is 24.5 Å². The van der Waals surface area contributed by atoms with E-state index in [1.807, 2.05) is 6.08 Å². The van der Waals surface area contributed by atoms with Gasteiger partial charge in [-0.15, -0.1) is 0 Å². The van der Waals surface area contributed by atoms with Gasteiger partial charge in [-0.2, -0.15) is 0 Å². The number of hydrogen-bond donors (Lipinski definition) is 14. The van der Waals surface area contributed by atoms with Gasteiger partial charge in [0.25, 0.3) is 11.7 Å². The fourth-order valence-electron chi connectivity index (χ4n) is 11.5. The van der Waals surface area contributed by atoms with E-state index < -0.39 is 160 Å². The summed E-state index contributed by atoms with van der Waals surface area (Å²) in [6, 6.07) is 1.29. The molecule has 4 rings (SSSR count). The molecule has 3 aliphatic rings. The lowest BCUT2D eigenvalue weighted by Gasteiger charge is -2.50. The zero-order valence-corrected chi connectivity index (χ0v) is 52.0. The second-order valence-corrected chi connectivity index (χ2v) is 24.2. The van der Waals surface area contributed by atoms with Crippen molar-refractivity contribution in [2.24, 2.45) is 0 Å². The van der Waals surface area contributed by atoms with Crippen molar-refractivity contribution in [2.75, 3.05) is 26.4 Å². The van der Waals surface area contributed by atoms with Gasteiger partial charge in [-0.25, -0.2) is 9.18 Å². The molecule has 24 heteroatoms. The highest BCUT2D eigenvalue weighted by Gasteiger charge is 2.60. The number of hydrogen-bond acceptors (Lipinski definition) is 20. The second-order valence-electron chi connectivity index (χ2n) is 24.2. The Morgan fingerprint density at radius 1 is 0.659 bits per heavy atom. The fourth-order valence-corrected chi connectivity index (χ4v) is 11.5. The standard InChI is InChI=1S/C64H109FN2O21/c1-3-5-7-9-11-13-15-17-18-20-22-24-26-28-30-32-50(74)66-44(45(71)31-29-27-25-23-21-19-16-14-12-10-8-6-4-2)41-83-61-55(78)54(77)57(49(40-70)85-61)86-62-56(79)59(53(76)48(39-69)84-62)88-64(63(81)82)37-46(72)51(58(87-64)52(75)47(73)38-68)67-60(80)42-33-35-43(65)36-34-42/h29,31,33-36,44-49,51-59,61-62,68-73,75-79H,3-28,30,32,37-41H2,1-2H3,(H,66,74)(H,67,80)(H,81,82)/b31-29+/t44-,45+,46-,47+,48+,49+,51+,52+,53-,54+,55+,56+,57+,58+,59-,61+,62-,64-/m0/s1. The first-order chi connectivity index (χ1) is 42.4. The summed E-state index contributed by atoms with van der Waals surface area (Å²) >= 11 is 0. The molecule has 508 valence electrons. The van der Waals surface area contributed by atoms with Gasteiger partial charge >= 0.3 is 5.97 Å². The number of aliphatic hydroxyl groups excluding tert-OH is 11. The van der Waals surface area contributed by atoms with Crippen molar-refractivity contribution >= 4 is 17.8 Å². The first kappa shape index (κ1) is 77.1. The minimum absolute atomic E-state index is 0.143. The molecule has 0 bridgehead atoms. The van der Waals surface area contributed by atoms with Crippen molar-refractivity contribution in [1.29, 1.82) is 0 Å². The summed E-state index contributed by atoms with van der Waals surface area (Å²) in [6.45, 7) is 0.907. The molecule has 14 N–H and O–H groups in total. The van der Waals surface area contributed by atoms with Crippen LogP contribution in [0.2, 0.25) is 0 Å². The lowest BCUT2D eigenvalue weighted by Crippen LogP contribution is -2.71. The predicted octanol–water partition coefficient (Wildman–Crippen LogP) is 4.60. The third kappa shape index (κ3) is 25.6. The minimum Gasteiger partial charge on any atom is -0.477 e. The van der Waals surface area contributed by atoms with Gasteiger partial charge in [-0.3, -0.25) is 9.59 Å². The maximum atomic E-state index is 13.7. The Morgan fingerprint density at radius 3 is 1.68 bits per heavy atom. The summed E-state index contributed by atoms with van der Waals surface area (Å²) in [7, 11) is 0. The number of amides is 2. The highest BCUT2D eigenvalue weighted by atomic mass is 19.1. The van der Waals surface area contributed by atoms with Crippen LogP contribution < -0.4 is 10.6 Å². The first-order valence-electron chi connectivity index (χ1n) is 32.8. The smallest absolute Gasteiger partial charge is 0.364 e. The minimum atomic E-state index is -3.17. The van der Waals surface area contributed by atoms with Gasteiger partial charge in [0.2, 0.25) is 5.91 Å². The van der Waals surface area contributed by atoms with Crippen LogP contribution >= 0.6 is 0 Å². The molecule has 0 unspecified atom stereocenters. The summed E-state index contributed by atoms with van der Waals surface area (Å²) in [5.41, 5.74) is -0.143. The topological polar surface area (TPSA) is 373 Å². The van der Waals surface area contributed by atoms with Crippen molar-refractivity contribution in [3.05, 3.63) is 47.8 Å². The number of nitrogens with one attached hydrogen (secondary N) is 2. The SMILES string of the molecule is CCCCCCCCCCCCC/C=C/[C@@H](O)[C@H](CO[C@@H]1O[C@H](CO)[C@@H](O[C@@H]2O[C@H](CO)[C@H](O)[C@H](O[C@]3(C(=O)O)C[C@H](O)[C@@H](NC(=O)c4ccc(F)cc4)[C@H]([C@H](O)[C@H](O)CO)O3)[C@H]2O)[C@H](O)[C@H]1O)NC(=O)CCCCCCCCCCCCCCCCC. The lowest BCUT2D eigenvalue weighted by atomic mass is 9.88. The number of carboxylic acid groups (broad SMARTS) is 1. The normalized spacial score (nSPS) is 29.0. The zero-order valence-electron chi connectivity index (χ0n) is 52.0. The Hall–Kier alpha value is -3.38. The third-order valence-corrected chi connectivity index (χ3v) is 17.0. The Balaban J connectivity index is 1.40. The number of allylic oxidation sites excluding steroid dienone is 1. The van der Waals surface area contributed by atoms with E-state index in [1.54, 1.807) is 6.08 Å². The molecule has 0 aliphatic carbocycles. The van der Waals surface area contributed by atoms with Gasteiger partial charge in [-0.05, 0) is 43.5 Å². The molecule has 23 nitrogen and oxygen atoms in total. The van der Waals surface area contributed by atoms with Gasteiger partial charge < -0.3 is 100 Å². The Bertz CT molecular complexity index is 2080. The molecule has 0 aromatic heterocycles. The van der Waals surface area contributed by atoms with E-state index >= 15 is 0 Å². The number of ether oxygens (including phenoxy) is 6. The van der Waals surface area contributed by atoms with Crippen molar-refractivity contribution in [2.45, 2.75) is 310 Å². The highest BCUT2D eigenvalue weighted by molar-refractivity contribution is 5.94. The predicted molar refractivity (Wildman–Crippen MR) is 322 cm³/mol. The summed E-state index contributed by atoms with van der Waals surface area (Å²) in [5, 5.41) is 137. The number of carboxylic acids is 1. The van der Waals surface area contributed by atoms with Crippen LogP contribution in [0.4, 0.5) is 4.39 Å². The third-order valence-electron chi connectivity index (χ3n) is 17.0. The van der Waals surface area contributed by atoms with Crippen LogP contribution in [0, 0.1) is 5.82 Å². The highest BCUT2D eigenvalue weighted by Crippen LogP contribution is 2.39. The van der Waals surface area contributed by atoms with Crippen LogP contribution in [0.25, 0.3) is 0 Å². The number of carbonyl (C=O) groups excluding carboxylic acids is 2. The summed E-state index contributed by atoms with van der Waals surface area (Å²) in [4.78, 5) is 39.8. The van der Waals surface area contributed by atoms with E-state index in [9.17, 15) is 80.1 Å². The van der Waals surface area contributed by atoms with Crippen LogP contribution in [0.15, 0.2) is 36.4 Å². The van der Waals surface area contributed by atoms with Gasteiger partial charge in [0.15, 0.2) is 12.6 Å². The molecule has 1 aromatic carbocycles. The fraction of sp³-hybridized carbons (Fsp3) is 0.828. The maximum absolute atomic E-state index is 13.7. The van der Waals surface area contributed by atoms with E-state index in [0.717, 1.165) is 69.2 Å². The van der Waals surface area contributed by atoms with Crippen molar-refractivity contribution < 1.29 is 108 Å². The Labute approximate surface area is 519 Å². The van der Waals surface area contributed by atoms with Gasteiger partial charge in [0.05, 0.1) is 50.7 Å². The monoisotopic (exact) mass is 1260 g/mol. The van der Waals surface area contributed by atoms with Crippen molar-refractivity contribution in [3.8, 4) is 0 Å². The lowest BCUT2D eigenvalue weighted by molar-refractivity contribution is -0.386. The summed E-state index contributed by atoms with van der Waals surface area (Å²) in [6.07, 6.45) is 4.36. The second kappa shape index (κ2) is 42.7. The average Bonchev–Trinajstić information content (AvgIpc) is 1.36. The maximum Gasteiger partial charge on any atom is 0.364 e. The molecule has 3 saturated heterocycles. The molecule has 88 heavy (non-hydrogen) atoms. The quantitative estimate of drug-likeness (QED) is 0.0313. The summed E-state index contributed by atoms with van der Waals surface area (Å²) < 4.78 is 48.6. The number of benzene rings is 1. The van der Waals surface area contributed by atoms with Crippen molar-refractivity contribution in [3.63, 3.8) is 0 Å². The molecular formula is C64H109FN2O21. The number of carbonyl (C=O) groups is 3. The number of aliphatic hydroxyl groups is 11. The van der Waals surface area contributed by atoms with E-state index in [1.165, 1.54) is 116 Å². The molecule has 0 saturated carbocycles. The summed E-state index contributed by atoms with van der Waals surface area (Å²) in [5.74, 6) is -7.19. The van der Waals surface area contributed by atoms with Crippen LogP contribution in [-0.2, 0) is 38.0 Å². The van der Waals surface area contributed by atoms with E-state index in [4.69, 9.17) is 28.4 Å². The number of unbranched alkanes of at least 4 members (excludes halogenated alkanes) is 25. The Kier molecular flexibility index (Phi) is 37.4. The van der Waals surface area contributed by atoms with Crippen molar-refractivity contribution in [1.82, 2.24) is 10.6 Å². The molecular weight excluding hydrogens is 1150 g/mol. The van der Waals surface area contributed by atoms with Gasteiger partial charge in [0.1, 0.15) is 73.0 Å². The number of aliphatic carboxylic acids is 1. The zero-order chi connectivity index (χ0) is 64.4. The molecule has 3 fully saturated rings. The van der Waals surface area contributed by atoms with Crippen LogP contribution in [-0.4, -0.2) is 215 Å². The average molecular weight is 1260 g/mol. The number of rotatable bonds is 46. The Morgan fingerprint density at radius 2 is 1.17 bits per heavy atom. The molecule has 3 heterocycles. The van der Waals surface area contributed by atoms with Crippen LogP contribution in [0.3, 0.4) is 0 Å². The van der Waals surface area contributed by atoms with Crippen LogP contribution in [0.5, 0.6) is 0 Å².